The molecule has 0 aliphatic carbocycles. The molecule has 8 nitrogen and oxygen atoms in total. The quantitative estimate of drug-likeness (QED) is 0.478. The number of rotatable bonds is 8. The van der Waals surface area contributed by atoms with E-state index in [4.69, 9.17) is 0 Å². The number of hydrogen-bond donors (Lipinski definition) is 2. The highest BCUT2D eigenvalue weighted by atomic mass is 19.1. The second-order valence-electron chi connectivity index (χ2n) is 7.26. The first-order valence-corrected chi connectivity index (χ1v) is 10.1. The van der Waals surface area contributed by atoms with Gasteiger partial charge in [-0.25, -0.2) is 8.78 Å². The summed E-state index contributed by atoms with van der Waals surface area (Å²) >= 11 is 0. The van der Waals surface area contributed by atoms with Crippen molar-refractivity contribution in [2.45, 2.75) is 26.3 Å². The van der Waals surface area contributed by atoms with Crippen LogP contribution in [0.15, 0.2) is 41.8 Å². The van der Waals surface area contributed by atoms with E-state index in [0.29, 0.717) is 25.9 Å². The fraction of sp³-hybridized carbons (Fsp3) is 0.318. The van der Waals surface area contributed by atoms with Gasteiger partial charge in [-0.15, -0.1) is 6.58 Å². The molecule has 0 unspecified atom stereocenters. The highest BCUT2D eigenvalue weighted by molar-refractivity contribution is 5.99. The molecule has 0 saturated heterocycles. The Kier molecular flexibility index (Phi) is 6.92. The number of nitrogens with one attached hydrogen (secondary N) is 1. The van der Waals surface area contributed by atoms with Gasteiger partial charge in [0.15, 0.2) is 11.4 Å². The van der Waals surface area contributed by atoms with Crippen LogP contribution in [0.5, 0.6) is 5.75 Å². The lowest BCUT2D eigenvalue weighted by atomic mass is 10.1. The van der Waals surface area contributed by atoms with Crippen LogP contribution < -0.4 is 15.8 Å². The highest BCUT2D eigenvalue weighted by Gasteiger charge is 2.33. The van der Waals surface area contributed by atoms with Gasteiger partial charge in [0.05, 0.1) is 0 Å². The second kappa shape index (κ2) is 9.63. The van der Waals surface area contributed by atoms with Crippen LogP contribution in [0, 0.1) is 11.6 Å². The van der Waals surface area contributed by atoms with E-state index in [9.17, 15) is 28.3 Å². The zero-order valence-electron chi connectivity index (χ0n) is 17.6. The summed E-state index contributed by atoms with van der Waals surface area (Å²) in [6, 6.07) is 3.30. The van der Waals surface area contributed by atoms with Gasteiger partial charge < -0.3 is 15.3 Å². The SMILES string of the molecule is C=CCCCN1CN(CC)C(=O)c2c(O)c(=O)c(C(=O)NCc3c(F)cccc3F)cn21. The average Bonchev–Trinajstić information content (AvgIpc) is 2.76. The maximum atomic E-state index is 13.8. The molecule has 3 rings (SSSR count). The standard InChI is InChI=1S/C22H24F2N4O4/c1-3-5-6-10-27-13-26(4-2)22(32)18-20(30)19(29)15(12-28(18)27)21(31)25-11-14-16(23)8-7-9-17(14)24/h3,7-9,12,30H,1,4-6,10-11,13H2,2H3,(H,25,31). The van der Waals surface area contributed by atoms with Gasteiger partial charge in [-0.2, -0.15) is 0 Å². The summed E-state index contributed by atoms with van der Waals surface area (Å²) in [6.45, 7) is 5.98. The number of benzene rings is 1. The summed E-state index contributed by atoms with van der Waals surface area (Å²) in [5.41, 5.74) is -2.09. The predicted molar refractivity (Wildman–Crippen MR) is 114 cm³/mol. The molecule has 2 amide bonds. The Morgan fingerprint density at radius 2 is 1.97 bits per heavy atom. The molecule has 2 aromatic rings. The topological polar surface area (TPSA) is 94.9 Å². The highest BCUT2D eigenvalue weighted by Crippen LogP contribution is 2.21. The number of hydrogen-bond acceptors (Lipinski definition) is 5. The molecule has 0 radical (unpaired) electrons. The number of unbranched alkanes of at least 4 members (excludes halogenated alkanes) is 1. The van der Waals surface area contributed by atoms with Gasteiger partial charge in [0, 0.05) is 31.4 Å². The monoisotopic (exact) mass is 446 g/mol. The molecule has 1 aliphatic rings. The number of nitrogens with zero attached hydrogens (tertiary/aromatic N) is 3. The van der Waals surface area contributed by atoms with Crippen molar-refractivity contribution in [3.8, 4) is 5.75 Å². The molecular weight excluding hydrogens is 422 g/mol. The Bertz CT molecular complexity index is 1100. The van der Waals surface area contributed by atoms with Crippen LogP contribution in [0.3, 0.4) is 0 Å². The smallest absolute Gasteiger partial charge is 0.277 e. The first-order chi connectivity index (χ1) is 15.3. The van der Waals surface area contributed by atoms with Crippen molar-refractivity contribution in [2.75, 3.05) is 24.8 Å². The zero-order valence-corrected chi connectivity index (χ0v) is 17.6. The van der Waals surface area contributed by atoms with Gasteiger partial charge in [-0.05, 0) is 31.9 Å². The minimum absolute atomic E-state index is 0.198. The number of halogens is 2. The van der Waals surface area contributed by atoms with Crippen LogP contribution in [-0.2, 0) is 6.54 Å². The van der Waals surface area contributed by atoms with Gasteiger partial charge >= 0.3 is 0 Å². The summed E-state index contributed by atoms with van der Waals surface area (Å²) in [4.78, 5) is 39.5. The van der Waals surface area contributed by atoms with E-state index in [1.807, 2.05) is 0 Å². The third-order valence-corrected chi connectivity index (χ3v) is 5.23. The van der Waals surface area contributed by atoms with Gasteiger partial charge in [0.1, 0.15) is 23.9 Å². The summed E-state index contributed by atoms with van der Waals surface area (Å²) in [5, 5.41) is 14.5. The summed E-state index contributed by atoms with van der Waals surface area (Å²) in [7, 11) is 0. The van der Waals surface area contributed by atoms with E-state index in [0.717, 1.165) is 12.1 Å². The number of allylic oxidation sites excluding steroid dienone is 1. The maximum absolute atomic E-state index is 13.8. The molecule has 0 saturated carbocycles. The minimum atomic E-state index is -1.04. The van der Waals surface area contributed by atoms with Crippen molar-refractivity contribution < 1.29 is 23.5 Å². The molecule has 170 valence electrons. The molecule has 1 aromatic heterocycles. The van der Waals surface area contributed by atoms with Gasteiger partial charge in [-0.1, -0.05) is 12.1 Å². The Labute approximate surface area is 183 Å². The van der Waals surface area contributed by atoms with Crippen molar-refractivity contribution in [1.82, 2.24) is 14.9 Å². The lowest BCUT2D eigenvalue weighted by Crippen LogP contribution is -2.54. The number of aromatic nitrogens is 1. The zero-order chi connectivity index (χ0) is 23.4. The van der Waals surface area contributed by atoms with Crippen LogP contribution in [0.1, 0.15) is 46.2 Å². The summed E-state index contributed by atoms with van der Waals surface area (Å²) < 4.78 is 29.0. The normalized spacial score (nSPS) is 13.2. The van der Waals surface area contributed by atoms with Crippen molar-refractivity contribution in [2.24, 2.45) is 0 Å². The molecule has 2 N–H and O–H groups in total. The van der Waals surface area contributed by atoms with Crippen LogP contribution in [-0.4, -0.2) is 46.3 Å². The van der Waals surface area contributed by atoms with Crippen molar-refractivity contribution in [3.63, 3.8) is 0 Å². The lowest BCUT2D eigenvalue weighted by molar-refractivity contribution is 0.0695. The fourth-order valence-electron chi connectivity index (χ4n) is 3.46. The van der Waals surface area contributed by atoms with Crippen LogP contribution >= 0.6 is 0 Å². The molecule has 32 heavy (non-hydrogen) atoms. The number of carbonyl (C=O) groups is 2. The molecule has 2 heterocycles. The molecule has 0 bridgehead atoms. The second-order valence-corrected chi connectivity index (χ2v) is 7.26. The van der Waals surface area contributed by atoms with E-state index >= 15 is 0 Å². The Morgan fingerprint density at radius 3 is 2.59 bits per heavy atom. The van der Waals surface area contributed by atoms with Crippen molar-refractivity contribution in [1.29, 1.82) is 0 Å². The number of carbonyl (C=O) groups excluding carboxylic acids is 2. The van der Waals surface area contributed by atoms with E-state index in [2.05, 4.69) is 11.9 Å². The largest absolute Gasteiger partial charge is 0.502 e. The van der Waals surface area contributed by atoms with Crippen LogP contribution in [0.4, 0.5) is 8.78 Å². The minimum Gasteiger partial charge on any atom is -0.502 e. The van der Waals surface area contributed by atoms with E-state index in [1.165, 1.54) is 21.8 Å². The van der Waals surface area contributed by atoms with Crippen LogP contribution in [0.25, 0.3) is 0 Å². The third kappa shape index (κ3) is 4.34. The van der Waals surface area contributed by atoms with Gasteiger partial charge in [0.25, 0.3) is 11.8 Å². The lowest BCUT2D eigenvalue weighted by Gasteiger charge is -2.39. The fourth-order valence-corrected chi connectivity index (χ4v) is 3.46. The van der Waals surface area contributed by atoms with Gasteiger partial charge in [-0.3, -0.25) is 24.1 Å². The molecular formula is C22H24F2N4O4. The van der Waals surface area contributed by atoms with Gasteiger partial charge in [0.2, 0.25) is 5.43 Å². The summed E-state index contributed by atoms with van der Waals surface area (Å²) in [5.74, 6) is -4.00. The molecule has 1 aromatic carbocycles. The maximum Gasteiger partial charge on any atom is 0.277 e. The van der Waals surface area contributed by atoms with Crippen LogP contribution in [0.2, 0.25) is 0 Å². The molecule has 0 atom stereocenters. The Hall–Kier alpha value is -3.69. The first-order valence-electron chi connectivity index (χ1n) is 10.1. The number of amides is 2. The number of fused-ring (bicyclic) bond motifs is 1. The predicted octanol–water partition coefficient (Wildman–Crippen LogP) is 2.10. The average molecular weight is 446 g/mol. The number of aromatic hydroxyl groups is 1. The molecule has 10 heteroatoms. The Balaban J connectivity index is 1.96. The van der Waals surface area contributed by atoms with E-state index in [-0.39, 0.29) is 17.9 Å². The molecule has 0 spiro atoms. The van der Waals surface area contributed by atoms with E-state index < -0.39 is 46.7 Å². The van der Waals surface area contributed by atoms with Crippen molar-refractivity contribution in [3.05, 3.63) is 75.7 Å². The molecule has 0 fully saturated rings. The van der Waals surface area contributed by atoms with Crippen molar-refractivity contribution >= 4 is 11.8 Å². The third-order valence-electron chi connectivity index (χ3n) is 5.23. The van der Waals surface area contributed by atoms with E-state index in [1.54, 1.807) is 18.0 Å². The Morgan fingerprint density at radius 1 is 1.28 bits per heavy atom. The molecule has 1 aliphatic heterocycles. The number of pyridine rings is 1. The first kappa shape index (κ1) is 23.0. The summed E-state index contributed by atoms with van der Waals surface area (Å²) in [6.07, 6.45) is 4.32.